The van der Waals surface area contributed by atoms with Crippen molar-refractivity contribution in [2.45, 2.75) is 26.9 Å². The summed E-state index contributed by atoms with van der Waals surface area (Å²) in [7, 11) is 1.53. The molecule has 0 aliphatic carbocycles. The molecule has 1 N–H and O–H groups in total. The third-order valence-corrected chi connectivity index (χ3v) is 6.54. The van der Waals surface area contributed by atoms with E-state index < -0.39 is 17.8 Å². The number of hydrogen-bond acceptors (Lipinski definition) is 5. The number of carbonyl (C=O) groups is 3. The van der Waals surface area contributed by atoms with Crippen LogP contribution in [0.15, 0.2) is 66.2 Å². The highest BCUT2D eigenvalue weighted by Gasteiger charge is 2.37. The summed E-state index contributed by atoms with van der Waals surface area (Å²) in [6, 6.07) is 17.9. The summed E-state index contributed by atoms with van der Waals surface area (Å²) in [5, 5.41) is 2.28. The van der Waals surface area contributed by atoms with Gasteiger partial charge >= 0.3 is 6.03 Å². The molecule has 1 fully saturated rings. The first-order chi connectivity index (χ1) is 17.3. The van der Waals surface area contributed by atoms with Gasteiger partial charge in [-0.1, -0.05) is 55.0 Å². The summed E-state index contributed by atoms with van der Waals surface area (Å²) in [5.74, 6) is -0.397. The van der Waals surface area contributed by atoms with E-state index in [4.69, 9.17) is 9.47 Å². The fourth-order valence-electron chi connectivity index (χ4n) is 3.99. The Balaban J connectivity index is 1.66. The molecule has 184 valence electrons. The molecule has 1 aliphatic rings. The van der Waals surface area contributed by atoms with E-state index >= 15 is 0 Å². The van der Waals surface area contributed by atoms with Gasteiger partial charge < -0.3 is 9.47 Å². The first-order valence-electron chi connectivity index (χ1n) is 11.4. The Morgan fingerprint density at radius 2 is 1.81 bits per heavy atom. The molecule has 0 saturated carbocycles. The van der Waals surface area contributed by atoms with Crippen LogP contribution in [0.1, 0.15) is 29.2 Å². The van der Waals surface area contributed by atoms with E-state index in [1.807, 2.05) is 44.2 Å². The number of aryl methyl sites for hydroxylation is 2. The summed E-state index contributed by atoms with van der Waals surface area (Å²) in [4.78, 5) is 39.6. The van der Waals surface area contributed by atoms with Crippen LogP contribution < -0.4 is 19.7 Å². The lowest BCUT2D eigenvalue weighted by Crippen LogP contribution is -2.54. The number of nitrogens with zero attached hydrogens (tertiary/aromatic N) is 1. The lowest BCUT2D eigenvalue weighted by Gasteiger charge is -2.28. The fraction of sp³-hybridized carbons (Fsp3) is 0.179. The van der Waals surface area contributed by atoms with Crippen LogP contribution in [-0.4, -0.2) is 25.0 Å². The molecule has 0 unspecified atom stereocenters. The SMILES string of the molecule is CCc1ccccc1N1C(=O)NC(=O)/C(=C/c2cc(I)c(OCc3cccc(C)c3)c(OC)c2)C1=O. The Morgan fingerprint density at radius 1 is 1.03 bits per heavy atom. The number of carbonyl (C=O) groups excluding carboxylic acids is 3. The summed E-state index contributed by atoms with van der Waals surface area (Å²) in [6.07, 6.45) is 2.08. The second kappa shape index (κ2) is 10.9. The zero-order valence-electron chi connectivity index (χ0n) is 20.1. The van der Waals surface area contributed by atoms with Crippen LogP contribution in [-0.2, 0) is 22.6 Å². The van der Waals surface area contributed by atoms with Crippen molar-refractivity contribution in [1.82, 2.24) is 5.32 Å². The molecule has 1 heterocycles. The van der Waals surface area contributed by atoms with Crippen molar-refractivity contribution < 1.29 is 23.9 Å². The fourth-order valence-corrected chi connectivity index (χ4v) is 4.77. The maximum absolute atomic E-state index is 13.3. The van der Waals surface area contributed by atoms with Crippen LogP contribution in [0.2, 0.25) is 0 Å². The van der Waals surface area contributed by atoms with Gasteiger partial charge in [0.1, 0.15) is 12.2 Å². The van der Waals surface area contributed by atoms with Crippen molar-refractivity contribution in [2.24, 2.45) is 0 Å². The maximum Gasteiger partial charge on any atom is 0.335 e. The summed E-state index contributed by atoms with van der Waals surface area (Å²) >= 11 is 2.13. The number of nitrogens with one attached hydrogen (secondary N) is 1. The standard InChI is InChI=1S/C28H25IN2O5/c1-4-20-10-5-6-11-23(20)31-27(33)21(26(32)30-28(31)34)13-19-14-22(29)25(24(15-19)35-3)36-16-18-9-7-8-17(2)12-18/h5-15H,4,16H2,1-3H3,(H,30,32,34)/b21-13-. The number of anilines is 1. The molecule has 36 heavy (non-hydrogen) atoms. The third-order valence-electron chi connectivity index (χ3n) is 5.74. The average molecular weight is 596 g/mol. The van der Waals surface area contributed by atoms with Gasteiger partial charge in [0.15, 0.2) is 11.5 Å². The minimum Gasteiger partial charge on any atom is -0.493 e. The highest BCUT2D eigenvalue weighted by Crippen LogP contribution is 2.36. The van der Waals surface area contributed by atoms with E-state index in [2.05, 4.69) is 34.0 Å². The number of urea groups is 1. The quantitative estimate of drug-likeness (QED) is 0.224. The number of rotatable bonds is 7. The lowest BCUT2D eigenvalue weighted by molar-refractivity contribution is -0.122. The van der Waals surface area contributed by atoms with Gasteiger partial charge in [0.25, 0.3) is 11.8 Å². The molecule has 1 saturated heterocycles. The molecule has 0 atom stereocenters. The largest absolute Gasteiger partial charge is 0.493 e. The molecule has 4 amide bonds. The van der Waals surface area contributed by atoms with Crippen molar-refractivity contribution in [3.63, 3.8) is 0 Å². The molecule has 3 aromatic carbocycles. The Kier molecular flexibility index (Phi) is 7.73. The predicted molar refractivity (Wildman–Crippen MR) is 146 cm³/mol. The van der Waals surface area contributed by atoms with Crippen LogP contribution in [0.25, 0.3) is 6.08 Å². The van der Waals surface area contributed by atoms with Crippen LogP contribution in [0, 0.1) is 10.5 Å². The molecular weight excluding hydrogens is 571 g/mol. The molecule has 7 nitrogen and oxygen atoms in total. The normalized spacial score (nSPS) is 14.7. The Labute approximate surface area is 223 Å². The Hall–Kier alpha value is -3.66. The number of barbiturate groups is 1. The summed E-state index contributed by atoms with van der Waals surface area (Å²) in [6.45, 7) is 4.32. The summed E-state index contributed by atoms with van der Waals surface area (Å²) in [5.41, 5.74) is 3.86. The highest BCUT2D eigenvalue weighted by atomic mass is 127. The van der Waals surface area contributed by atoms with Crippen molar-refractivity contribution in [2.75, 3.05) is 12.0 Å². The Bertz CT molecular complexity index is 1380. The topological polar surface area (TPSA) is 84.9 Å². The number of methoxy groups -OCH3 is 1. The smallest absolute Gasteiger partial charge is 0.335 e. The molecule has 4 rings (SSSR count). The minimum absolute atomic E-state index is 0.146. The molecule has 0 aromatic heterocycles. The molecule has 0 radical (unpaired) electrons. The maximum atomic E-state index is 13.3. The average Bonchev–Trinajstić information content (AvgIpc) is 2.86. The van der Waals surface area contributed by atoms with Crippen molar-refractivity contribution in [3.8, 4) is 11.5 Å². The van der Waals surface area contributed by atoms with Gasteiger partial charge in [-0.3, -0.25) is 14.9 Å². The van der Waals surface area contributed by atoms with E-state index in [9.17, 15) is 14.4 Å². The van der Waals surface area contributed by atoms with Crippen molar-refractivity contribution in [1.29, 1.82) is 0 Å². The van der Waals surface area contributed by atoms with E-state index in [0.717, 1.165) is 25.2 Å². The zero-order valence-corrected chi connectivity index (χ0v) is 22.3. The van der Waals surface area contributed by atoms with Gasteiger partial charge in [0.2, 0.25) is 0 Å². The first-order valence-corrected chi connectivity index (χ1v) is 12.5. The van der Waals surface area contributed by atoms with Crippen LogP contribution >= 0.6 is 22.6 Å². The number of para-hydroxylation sites is 1. The zero-order chi connectivity index (χ0) is 25.8. The predicted octanol–water partition coefficient (Wildman–Crippen LogP) is 5.42. The van der Waals surface area contributed by atoms with Gasteiger partial charge in [0.05, 0.1) is 16.4 Å². The van der Waals surface area contributed by atoms with Gasteiger partial charge in [-0.15, -0.1) is 0 Å². The van der Waals surface area contributed by atoms with Gasteiger partial charge in [-0.05, 0) is 76.9 Å². The van der Waals surface area contributed by atoms with E-state index in [-0.39, 0.29) is 5.57 Å². The highest BCUT2D eigenvalue weighted by molar-refractivity contribution is 14.1. The molecular formula is C28H25IN2O5. The Morgan fingerprint density at radius 3 is 2.53 bits per heavy atom. The van der Waals surface area contributed by atoms with Gasteiger partial charge in [-0.2, -0.15) is 0 Å². The van der Waals surface area contributed by atoms with Crippen molar-refractivity contribution in [3.05, 3.63) is 92.1 Å². The van der Waals surface area contributed by atoms with E-state index in [1.165, 1.54) is 13.2 Å². The molecule has 1 aliphatic heterocycles. The number of imide groups is 2. The van der Waals surface area contributed by atoms with Crippen molar-refractivity contribution >= 4 is 52.2 Å². The second-order valence-electron chi connectivity index (χ2n) is 8.25. The minimum atomic E-state index is -0.768. The number of benzene rings is 3. The number of amides is 4. The second-order valence-corrected chi connectivity index (χ2v) is 9.41. The van der Waals surface area contributed by atoms with Crippen LogP contribution in [0.5, 0.6) is 11.5 Å². The molecule has 0 bridgehead atoms. The summed E-state index contributed by atoms with van der Waals surface area (Å²) < 4.78 is 12.3. The number of hydrogen-bond donors (Lipinski definition) is 1. The first kappa shape index (κ1) is 25.4. The molecule has 0 spiro atoms. The van der Waals surface area contributed by atoms with Crippen LogP contribution in [0.3, 0.4) is 0 Å². The lowest BCUT2D eigenvalue weighted by atomic mass is 10.0. The van der Waals surface area contributed by atoms with Crippen LogP contribution in [0.4, 0.5) is 10.5 Å². The number of ether oxygens (including phenoxy) is 2. The molecule has 8 heteroatoms. The third kappa shape index (κ3) is 5.28. The van der Waals surface area contributed by atoms with Gasteiger partial charge in [-0.25, -0.2) is 9.69 Å². The monoisotopic (exact) mass is 596 g/mol. The number of halogens is 1. The van der Waals surface area contributed by atoms with E-state index in [0.29, 0.717) is 35.8 Å². The van der Waals surface area contributed by atoms with E-state index in [1.54, 1.807) is 24.3 Å². The molecule has 3 aromatic rings. The van der Waals surface area contributed by atoms with Gasteiger partial charge in [0, 0.05) is 0 Å².